The molecule has 1 amide bonds. The molecule has 106 valence electrons. The maximum absolute atomic E-state index is 12.8. The van der Waals surface area contributed by atoms with Crippen LogP contribution in [0.3, 0.4) is 0 Å². The van der Waals surface area contributed by atoms with Crippen molar-refractivity contribution in [3.8, 4) is 0 Å². The van der Waals surface area contributed by atoms with Crippen LogP contribution in [0.15, 0.2) is 30.5 Å². The number of amides is 1. The van der Waals surface area contributed by atoms with Gasteiger partial charge in [0.15, 0.2) is 5.69 Å². The Kier molecular flexibility index (Phi) is 4.03. The molecular formula is C12H10F3N3OS. The number of alkyl halides is 3. The average molecular weight is 301 g/mol. The fourth-order valence-corrected chi connectivity index (χ4v) is 2.12. The van der Waals surface area contributed by atoms with Gasteiger partial charge >= 0.3 is 6.18 Å². The Hall–Kier alpha value is -1.96. The molecule has 0 aliphatic carbocycles. The average Bonchev–Trinajstić information content (AvgIpc) is 2.91. The van der Waals surface area contributed by atoms with E-state index in [-0.39, 0.29) is 17.8 Å². The third-order valence-corrected chi connectivity index (χ3v) is 3.14. The van der Waals surface area contributed by atoms with E-state index in [1.165, 1.54) is 36.3 Å². The lowest BCUT2D eigenvalue weighted by Gasteiger charge is -2.19. The lowest BCUT2D eigenvalue weighted by molar-refractivity contribution is -0.138. The summed E-state index contributed by atoms with van der Waals surface area (Å²) in [5, 5.41) is 0. The molecule has 0 fully saturated rings. The van der Waals surface area contributed by atoms with Crippen molar-refractivity contribution in [2.24, 2.45) is 0 Å². The zero-order valence-corrected chi connectivity index (χ0v) is 11.2. The summed E-state index contributed by atoms with van der Waals surface area (Å²) in [4.78, 5) is 13.1. The van der Waals surface area contributed by atoms with Crippen LogP contribution in [0.4, 0.5) is 13.2 Å². The van der Waals surface area contributed by atoms with Gasteiger partial charge in [0.25, 0.3) is 5.91 Å². The van der Waals surface area contributed by atoms with Crippen molar-refractivity contribution < 1.29 is 18.0 Å². The van der Waals surface area contributed by atoms with Crippen LogP contribution in [0.5, 0.6) is 0 Å². The third-order valence-electron chi connectivity index (χ3n) is 2.66. The monoisotopic (exact) mass is 301 g/mol. The van der Waals surface area contributed by atoms with Gasteiger partial charge in [-0.25, -0.2) is 0 Å². The Bertz CT molecular complexity index is 598. The molecule has 0 radical (unpaired) electrons. The van der Waals surface area contributed by atoms with Gasteiger partial charge in [0.1, 0.15) is 0 Å². The maximum atomic E-state index is 12.8. The number of benzene rings is 1. The Labute approximate surface area is 117 Å². The number of carbonyl (C=O) groups excluding carboxylic acids is 1. The number of nitrogens with zero attached hydrogens (tertiary/aromatic N) is 3. The summed E-state index contributed by atoms with van der Waals surface area (Å²) in [7, 11) is 1.43. The summed E-state index contributed by atoms with van der Waals surface area (Å²) in [6.07, 6.45) is -3.15. The van der Waals surface area contributed by atoms with Crippen molar-refractivity contribution in [3.05, 3.63) is 47.3 Å². The van der Waals surface area contributed by atoms with Gasteiger partial charge in [-0.05, 0) is 11.6 Å². The van der Waals surface area contributed by atoms with Crippen molar-refractivity contribution in [3.63, 3.8) is 0 Å². The Morgan fingerprint density at radius 3 is 2.65 bits per heavy atom. The van der Waals surface area contributed by atoms with Gasteiger partial charge in [-0.3, -0.25) is 4.79 Å². The van der Waals surface area contributed by atoms with Crippen LogP contribution < -0.4 is 0 Å². The molecule has 0 bridgehead atoms. The lowest BCUT2D eigenvalue weighted by atomic mass is 10.1. The van der Waals surface area contributed by atoms with Gasteiger partial charge in [0, 0.05) is 13.6 Å². The van der Waals surface area contributed by atoms with E-state index < -0.39 is 17.6 Å². The maximum Gasteiger partial charge on any atom is 0.416 e. The van der Waals surface area contributed by atoms with E-state index in [1.54, 1.807) is 0 Å². The van der Waals surface area contributed by atoms with E-state index in [1.807, 2.05) is 0 Å². The van der Waals surface area contributed by atoms with Crippen LogP contribution in [-0.2, 0) is 12.7 Å². The number of rotatable bonds is 3. The molecule has 1 aromatic heterocycles. The number of hydrogen-bond donors (Lipinski definition) is 0. The highest BCUT2D eigenvalue weighted by Gasteiger charge is 2.33. The second-order valence-corrected chi connectivity index (χ2v) is 4.67. The standard InChI is InChI=1S/C12H10F3N3OS/c1-18(11(19)10-6-16-20-17-10)7-8-4-2-3-5-9(8)12(13,14)15/h2-6H,7H2,1H3. The molecule has 0 spiro atoms. The molecule has 0 atom stereocenters. The van der Waals surface area contributed by atoms with Crippen LogP contribution in [0, 0.1) is 0 Å². The van der Waals surface area contributed by atoms with E-state index >= 15 is 0 Å². The molecule has 0 unspecified atom stereocenters. The van der Waals surface area contributed by atoms with Crippen molar-refractivity contribution in [1.82, 2.24) is 13.6 Å². The summed E-state index contributed by atoms with van der Waals surface area (Å²) in [6, 6.07) is 5.18. The van der Waals surface area contributed by atoms with Crippen molar-refractivity contribution >= 4 is 17.6 Å². The second-order valence-electron chi connectivity index (χ2n) is 4.11. The van der Waals surface area contributed by atoms with Crippen LogP contribution in [-0.4, -0.2) is 26.6 Å². The second kappa shape index (κ2) is 5.58. The zero-order valence-electron chi connectivity index (χ0n) is 10.4. The summed E-state index contributed by atoms with van der Waals surface area (Å²) >= 11 is 0.872. The summed E-state index contributed by atoms with van der Waals surface area (Å²) in [5.41, 5.74) is -0.572. The summed E-state index contributed by atoms with van der Waals surface area (Å²) in [6.45, 7) is -0.147. The van der Waals surface area contributed by atoms with E-state index in [2.05, 4.69) is 8.75 Å². The number of aromatic nitrogens is 2. The van der Waals surface area contributed by atoms with Gasteiger partial charge in [-0.2, -0.15) is 21.9 Å². The zero-order chi connectivity index (χ0) is 14.8. The molecule has 8 heteroatoms. The highest BCUT2D eigenvalue weighted by Crippen LogP contribution is 2.32. The normalized spacial score (nSPS) is 11.4. The first-order chi connectivity index (χ1) is 9.39. The molecule has 0 aliphatic rings. The van der Waals surface area contributed by atoms with E-state index in [0.717, 1.165) is 17.8 Å². The summed E-state index contributed by atoms with van der Waals surface area (Å²) < 4.78 is 46.0. The van der Waals surface area contributed by atoms with E-state index in [9.17, 15) is 18.0 Å². The molecule has 2 aromatic rings. The SMILES string of the molecule is CN(Cc1ccccc1C(F)(F)F)C(=O)c1cnsn1. The molecule has 0 saturated heterocycles. The Balaban J connectivity index is 2.20. The predicted molar refractivity (Wildman–Crippen MR) is 67.2 cm³/mol. The summed E-state index contributed by atoms with van der Waals surface area (Å²) in [5.74, 6) is -0.462. The molecular weight excluding hydrogens is 291 g/mol. The Morgan fingerprint density at radius 2 is 2.05 bits per heavy atom. The number of hydrogen-bond acceptors (Lipinski definition) is 4. The van der Waals surface area contributed by atoms with Crippen LogP contribution in [0.1, 0.15) is 21.6 Å². The lowest BCUT2D eigenvalue weighted by Crippen LogP contribution is -2.27. The molecule has 20 heavy (non-hydrogen) atoms. The molecule has 0 saturated carbocycles. The molecule has 0 aliphatic heterocycles. The molecule has 0 N–H and O–H groups in total. The van der Waals surface area contributed by atoms with Crippen molar-refractivity contribution in [2.45, 2.75) is 12.7 Å². The van der Waals surface area contributed by atoms with Crippen LogP contribution in [0.2, 0.25) is 0 Å². The predicted octanol–water partition coefficient (Wildman–Crippen LogP) is 2.83. The highest BCUT2D eigenvalue weighted by molar-refractivity contribution is 6.99. The van der Waals surface area contributed by atoms with E-state index in [0.29, 0.717) is 0 Å². The Morgan fingerprint density at radius 1 is 1.35 bits per heavy atom. The van der Waals surface area contributed by atoms with Crippen LogP contribution in [0.25, 0.3) is 0 Å². The largest absolute Gasteiger partial charge is 0.416 e. The smallest absolute Gasteiger partial charge is 0.336 e. The number of halogens is 3. The molecule has 1 heterocycles. The topological polar surface area (TPSA) is 46.1 Å². The van der Waals surface area contributed by atoms with Crippen molar-refractivity contribution in [1.29, 1.82) is 0 Å². The quantitative estimate of drug-likeness (QED) is 0.875. The van der Waals surface area contributed by atoms with Gasteiger partial charge in [-0.15, -0.1) is 0 Å². The van der Waals surface area contributed by atoms with Crippen LogP contribution >= 0.6 is 11.7 Å². The first-order valence-electron chi connectivity index (χ1n) is 5.57. The minimum Gasteiger partial charge on any atom is -0.336 e. The molecule has 2 rings (SSSR count). The van der Waals surface area contributed by atoms with Gasteiger partial charge in [0.05, 0.1) is 23.5 Å². The first-order valence-corrected chi connectivity index (χ1v) is 6.30. The van der Waals surface area contributed by atoms with Gasteiger partial charge in [0.2, 0.25) is 0 Å². The molecule has 1 aromatic carbocycles. The fraction of sp³-hybridized carbons (Fsp3) is 0.250. The van der Waals surface area contributed by atoms with Crippen molar-refractivity contribution in [2.75, 3.05) is 7.05 Å². The number of carbonyl (C=O) groups is 1. The van der Waals surface area contributed by atoms with Gasteiger partial charge < -0.3 is 4.90 Å². The minimum absolute atomic E-state index is 0.0408. The van der Waals surface area contributed by atoms with Gasteiger partial charge in [-0.1, -0.05) is 18.2 Å². The molecule has 4 nitrogen and oxygen atoms in total. The fourth-order valence-electron chi connectivity index (χ4n) is 1.72. The van der Waals surface area contributed by atoms with E-state index in [4.69, 9.17) is 0 Å². The third kappa shape index (κ3) is 3.13. The highest BCUT2D eigenvalue weighted by atomic mass is 32.1. The minimum atomic E-state index is -4.44. The first kappa shape index (κ1) is 14.4.